The Morgan fingerprint density at radius 2 is 1.87 bits per heavy atom. The Morgan fingerprint density at radius 1 is 1.33 bits per heavy atom. The van der Waals surface area contributed by atoms with Gasteiger partial charge in [-0.15, -0.1) is 0 Å². The Kier molecular flexibility index (Phi) is 3.15. The molecule has 0 saturated heterocycles. The fraction of sp³-hybridized carbons (Fsp3) is 0.917. The second-order valence-electron chi connectivity index (χ2n) is 6.09. The molecule has 2 atom stereocenters. The van der Waals surface area contributed by atoms with Gasteiger partial charge in [0.15, 0.2) is 0 Å². The van der Waals surface area contributed by atoms with Crippen molar-refractivity contribution in [3.63, 3.8) is 0 Å². The molecule has 0 radical (unpaired) electrons. The molecule has 0 spiro atoms. The second-order valence-corrected chi connectivity index (χ2v) is 6.09. The Morgan fingerprint density at radius 3 is 2.20 bits per heavy atom. The normalized spacial score (nSPS) is 35.5. The number of hydrogen-bond acceptors (Lipinski definition) is 2. The third-order valence-electron chi connectivity index (χ3n) is 3.61. The monoisotopic (exact) mass is 213 g/mol. The maximum absolute atomic E-state index is 11.5. The van der Waals surface area contributed by atoms with Crippen LogP contribution in [0.5, 0.6) is 0 Å². The first kappa shape index (κ1) is 12.5. The summed E-state index contributed by atoms with van der Waals surface area (Å²) in [6, 6.07) is 0. The van der Waals surface area contributed by atoms with Gasteiger partial charge in [0, 0.05) is 0 Å². The van der Waals surface area contributed by atoms with Crippen molar-refractivity contribution in [1.82, 2.24) is 4.90 Å². The van der Waals surface area contributed by atoms with E-state index in [9.17, 15) is 9.90 Å². The van der Waals surface area contributed by atoms with E-state index in [1.807, 2.05) is 19.0 Å². The first-order chi connectivity index (χ1) is 6.69. The van der Waals surface area contributed by atoms with Gasteiger partial charge in [-0.3, -0.25) is 9.69 Å². The molecule has 1 N–H and O–H groups in total. The van der Waals surface area contributed by atoms with Gasteiger partial charge in [-0.2, -0.15) is 0 Å². The average molecular weight is 213 g/mol. The lowest BCUT2D eigenvalue weighted by atomic mass is 9.64. The minimum atomic E-state index is -0.674. The van der Waals surface area contributed by atoms with E-state index < -0.39 is 11.5 Å². The molecule has 0 aromatic carbocycles. The zero-order chi connectivity index (χ0) is 11.9. The van der Waals surface area contributed by atoms with Crippen LogP contribution >= 0.6 is 0 Å². The number of aliphatic carboxylic acids is 1. The molecule has 3 nitrogen and oxygen atoms in total. The Hall–Kier alpha value is -0.570. The molecule has 2 unspecified atom stereocenters. The molecule has 0 amide bonds. The zero-order valence-corrected chi connectivity index (χ0v) is 10.5. The Labute approximate surface area is 92.5 Å². The van der Waals surface area contributed by atoms with Crippen molar-refractivity contribution < 1.29 is 9.90 Å². The molecule has 15 heavy (non-hydrogen) atoms. The van der Waals surface area contributed by atoms with Gasteiger partial charge in [0.05, 0.1) is 0 Å². The molecule has 0 aromatic heterocycles. The smallest absolute Gasteiger partial charge is 0.324 e. The number of carbonyl (C=O) groups is 1. The fourth-order valence-electron chi connectivity index (χ4n) is 3.22. The average Bonchev–Trinajstić information content (AvgIpc) is 1.99. The van der Waals surface area contributed by atoms with Gasteiger partial charge in [0.2, 0.25) is 0 Å². The van der Waals surface area contributed by atoms with Gasteiger partial charge in [-0.05, 0) is 44.7 Å². The van der Waals surface area contributed by atoms with Crippen molar-refractivity contribution in [1.29, 1.82) is 0 Å². The number of likely N-dealkylation sites (N-methyl/N-ethyl adjacent to an activating group) is 1. The number of carboxylic acid groups (broad SMARTS) is 1. The second kappa shape index (κ2) is 3.78. The predicted octanol–water partition coefficient (Wildman–Crippen LogP) is 2.22. The molecular weight excluding hydrogens is 190 g/mol. The molecule has 0 heterocycles. The molecule has 3 heteroatoms. The van der Waals surface area contributed by atoms with Crippen molar-refractivity contribution in [2.75, 3.05) is 14.1 Å². The van der Waals surface area contributed by atoms with Crippen molar-refractivity contribution in [2.45, 2.75) is 45.6 Å². The summed E-state index contributed by atoms with van der Waals surface area (Å²) >= 11 is 0. The molecule has 1 aliphatic rings. The Bertz CT molecular complexity index is 260. The van der Waals surface area contributed by atoms with Crippen LogP contribution < -0.4 is 0 Å². The zero-order valence-electron chi connectivity index (χ0n) is 10.5. The quantitative estimate of drug-likeness (QED) is 0.764. The van der Waals surface area contributed by atoms with Crippen LogP contribution in [-0.2, 0) is 4.79 Å². The van der Waals surface area contributed by atoms with Crippen molar-refractivity contribution in [3.8, 4) is 0 Å². The first-order valence-corrected chi connectivity index (χ1v) is 5.60. The van der Waals surface area contributed by atoms with Crippen LogP contribution in [0.25, 0.3) is 0 Å². The molecule has 0 bridgehead atoms. The summed E-state index contributed by atoms with van der Waals surface area (Å²) in [5.74, 6) is -0.195. The highest BCUT2D eigenvalue weighted by Gasteiger charge is 2.49. The van der Waals surface area contributed by atoms with Gasteiger partial charge in [-0.25, -0.2) is 0 Å². The summed E-state index contributed by atoms with van der Waals surface area (Å²) in [6.45, 7) is 6.50. The minimum absolute atomic E-state index is 0.125. The molecule has 88 valence electrons. The number of rotatable bonds is 2. The van der Waals surface area contributed by atoms with Gasteiger partial charge >= 0.3 is 5.97 Å². The van der Waals surface area contributed by atoms with E-state index in [1.165, 1.54) is 0 Å². The topological polar surface area (TPSA) is 40.5 Å². The molecule has 1 fully saturated rings. The highest BCUT2D eigenvalue weighted by Crippen LogP contribution is 2.45. The van der Waals surface area contributed by atoms with Gasteiger partial charge in [0.1, 0.15) is 5.54 Å². The lowest BCUT2D eigenvalue weighted by Gasteiger charge is -2.48. The molecule has 0 aromatic rings. The minimum Gasteiger partial charge on any atom is -0.480 e. The summed E-state index contributed by atoms with van der Waals surface area (Å²) < 4.78 is 0. The van der Waals surface area contributed by atoms with Crippen LogP contribution in [0.2, 0.25) is 0 Å². The lowest BCUT2D eigenvalue weighted by molar-refractivity contribution is -0.156. The largest absolute Gasteiger partial charge is 0.480 e. The van der Waals surface area contributed by atoms with E-state index in [0.29, 0.717) is 5.92 Å². The van der Waals surface area contributed by atoms with E-state index in [1.54, 1.807) is 0 Å². The highest BCUT2D eigenvalue weighted by molar-refractivity contribution is 5.79. The third-order valence-corrected chi connectivity index (χ3v) is 3.61. The van der Waals surface area contributed by atoms with Crippen molar-refractivity contribution >= 4 is 5.97 Å². The van der Waals surface area contributed by atoms with Crippen LogP contribution in [0.3, 0.4) is 0 Å². The van der Waals surface area contributed by atoms with Gasteiger partial charge in [-0.1, -0.05) is 20.8 Å². The summed E-state index contributed by atoms with van der Waals surface area (Å²) in [6.07, 6.45) is 2.63. The molecule has 1 aliphatic carbocycles. The van der Waals surface area contributed by atoms with E-state index >= 15 is 0 Å². The van der Waals surface area contributed by atoms with Crippen LogP contribution in [-0.4, -0.2) is 35.6 Å². The maximum Gasteiger partial charge on any atom is 0.324 e. The van der Waals surface area contributed by atoms with Crippen LogP contribution in [0.1, 0.15) is 40.0 Å². The summed E-state index contributed by atoms with van der Waals surface area (Å²) in [5, 5.41) is 9.47. The maximum atomic E-state index is 11.5. The summed E-state index contributed by atoms with van der Waals surface area (Å²) in [4.78, 5) is 13.4. The summed E-state index contributed by atoms with van der Waals surface area (Å²) in [7, 11) is 3.75. The van der Waals surface area contributed by atoms with E-state index in [2.05, 4.69) is 20.8 Å². The van der Waals surface area contributed by atoms with Crippen molar-refractivity contribution in [3.05, 3.63) is 0 Å². The SMILES string of the molecule is CC1CC(C)(C)CC(C(=O)O)(N(C)C)C1. The molecule has 0 aliphatic heterocycles. The third kappa shape index (κ3) is 2.33. The first-order valence-electron chi connectivity index (χ1n) is 5.60. The van der Waals surface area contributed by atoms with E-state index in [4.69, 9.17) is 0 Å². The van der Waals surface area contributed by atoms with Gasteiger partial charge in [0.25, 0.3) is 0 Å². The standard InChI is InChI=1S/C12H23NO2/c1-9-6-11(2,3)8-12(7-9,10(14)15)13(4)5/h9H,6-8H2,1-5H3,(H,14,15). The molecule has 1 rings (SSSR count). The van der Waals surface area contributed by atoms with Crippen LogP contribution in [0.4, 0.5) is 0 Å². The van der Waals surface area contributed by atoms with Crippen LogP contribution in [0, 0.1) is 11.3 Å². The van der Waals surface area contributed by atoms with E-state index in [0.717, 1.165) is 19.3 Å². The lowest BCUT2D eigenvalue weighted by Crippen LogP contribution is -2.57. The van der Waals surface area contributed by atoms with Crippen LogP contribution in [0.15, 0.2) is 0 Å². The number of hydrogen-bond donors (Lipinski definition) is 1. The fourth-order valence-corrected chi connectivity index (χ4v) is 3.22. The number of nitrogens with zero attached hydrogens (tertiary/aromatic N) is 1. The van der Waals surface area contributed by atoms with Gasteiger partial charge < -0.3 is 5.11 Å². The summed E-state index contributed by atoms with van der Waals surface area (Å²) in [5.41, 5.74) is -0.540. The van der Waals surface area contributed by atoms with E-state index in [-0.39, 0.29) is 5.41 Å². The molecule has 1 saturated carbocycles. The highest BCUT2D eigenvalue weighted by atomic mass is 16.4. The predicted molar refractivity (Wildman–Crippen MR) is 60.8 cm³/mol. The molecular formula is C12H23NO2. The van der Waals surface area contributed by atoms with Crippen molar-refractivity contribution in [2.24, 2.45) is 11.3 Å². The Balaban J connectivity index is 3.03. The number of carboxylic acids is 1.